The van der Waals surface area contributed by atoms with Gasteiger partial charge >= 0.3 is 11.9 Å². The molecule has 1 aromatic heterocycles. The minimum Gasteiger partial charge on any atom is -0.496 e. The van der Waals surface area contributed by atoms with Gasteiger partial charge in [-0.1, -0.05) is 59.6 Å². The Labute approximate surface area is 357 Å². The molecule has 1 heterocycles. The number of ether oxygens (including phenoxy) is 4. The van der Waals surface area contributed by atoms with Gasteiger partial charge in [-0.3, -0.25) is 4.98 Å². The molecule has 60 heavy (non-hydrogen) atoms. The van der Waals surface area contributed by atoms with Gasteiger partial charge in [-0.15, -0.1) is 0 Å². The molecule has 0 saturated carbocycles. The van der Waals surface area contributed by atoms with Gasteiger partial charge < -0.3 is 44.7 Å². The first kappa shape index (κ1) is 45.2. The molecule has 5 N–H and O–H groups in total. The number of hydrogen-bond acceptors (Lipinski definition) is 11. The number of pyridine rings is 1. The number of carboxylic acids is 2. The molecule has 13 nitrogen and oxygen atoms in total. The van der Waals surface area contributed by atoms with E-state index in [4.69, 9.17) is 52.4 Å². The second-order valence-electron chi connectivity index (χ2n) is 14.0. The molecule has 314 valence electrons. The average Bonchev–Trinajstić information content (AvgIpc) is 3.23. The zero-order chi connectivity index (χ0) is 43.3. The number of aryl methyl sites for hydroxylation is 1. The van der Waals surface area contributed by atoms with Crippen LogP contribution in [-0.4, -0.2) is 63.2 Å². The van der Waals surface area contributed by atoms with Gasteiger partial charge in [-0.05, 0) is 90.3 Å². The Morgan fingerprint density at radius 2 is 1.32 bits per heavy atom. The quantitative estimate of drug-likeness (QED) is 0.0484. The van der Waals surface area contributed by atoms with Gasteiger partial charge in [-0.2, -0.15) is 5.26 Å². The predicted octanol–water partition coefficient (Wildman–Crippen LogP) is 7.59. The number of halogens is 2. The van der Waals surface area contributed by atoms with Crippen molar-refractivity contribution < 1.29 is 49.0 Å². The maximum Gasteiger partial charge on any atom is 0.333 e. The Hall–Kier alpha value is -5.88. The van der Waals surface area contributed by atoms with E-state index in [1.54, 1.807) is 36.5 Å². The summed E-state index contributed by atoms with van der Waals surface area (Å²) in [6.45, 7) is 4.62. The van der Waals surface area contributed by atoms with Gasteiger partial charge in [0.2, 0.25) is 0 Å². The summed E-state index contributed by atoms with van der Waals surface area (Å²) in [5.41, 5.74) is 8.31. The number of aliphatic hydroxyl groups is 2. The van der Waals surface area contributed by atoms with Gasteiger partial charge in [0.25, 0.3) is 0 Å². The third-order valence-corrected chi connectivity index (χ3v) is 10.5. The number of aliphatic carboxylic acids is 2. The van der Waals surface area contributed by atoms with Crippen molar-refractivity contribution in [2.24, 2.45) is 0 Å². The number of nitrogens with zero attached hydrogens (tertiary/aromatic N) is 2. The summed E-state index contributed by atoms with van der Waals surface area (Å²) in [4.78, 5) is 26.2. The van der Waals surface area contributed by atoms with Crippen molar-refractivity contribution in [3.63, 3.8) is 0 Å². The average molecular weight is 859 g/mol. The predicted molar refractivity (Wildman–Crippen MR) is 225 cm³/mol. The molecule has 0 amide bonds. The molecule has 5 rings (SSSR count). The fourth-order valence-corrected chi connectivity index (χ4v) is 6.92. The van der Waals surface area contributed by atoms with Gasteiger partial charge in [0.1, 0.15) is 48.9 Å². The number of aromatic nitrogens is 1. The summed E-state index contributed by atoms with van der Waals surface area (Å²) in [7, 11) is 1.51. The largest absolute Gasteiger partial charge is 0.496 e. The Morgan fingerprint density at radius 3 is 1.88 bits per heavy atom. The molecule has 4 aromatic carbocycles. The molecule has 0 aliphatic heterocycles. The van der Waals surface area contributed by atoms with E-state index in [0.29, 0.717) is 68.1 Å². The molecule has 0 unspecified atom stereocenters. The zero-order valence-electron chi connectivity index (χ0n) is 33.2. The monoisotopic (exact) mass is 857 g/mol. The van der Waals surface area contributed by atoms with Crippen LogP contribution >= 0.6 is 23.2 Å². The van der Waals surface area contributed by atoms with E-state index in [-0.39, 0.29) is 39.3 Å². The molecule has 0 spiro atoms. The number of benzene rings is 4. The van der Waals surface area contributed by atoms with Crippen molar-refractivity contribution in [3.8, 4) is 40.2 Å². The Kier molecular flexibility index (Phi) is 16.1. The second-order valence-corrected chi connectivity index (χ2v) is 14.8. The Balaban J connectivity index is 1.31. The lowest BCUT2D eigenvalue weighted by Crippen LogP contribution is -2.32. The minimum atomic E-state index is -1.54. The third kappa shape index (κ3) is 11.9. The van der Waals surface area contributed by atoms with Crippen molar-refractivity contribution in [1.29, 1.82) is 5.26 Å². The number of aliphatic hydroxyl groups excluding tert-OH is 2. The van der Waals surface area contributed by atoms with Crippen LogP contribution in [0, 0.1) is 25.2 Å². The first-order valence-corrected chi connectivity index (χ1v) is 19.7. The summed E-state index contributed by atoms with van der Waals surface area (Å²) in [6, 6.07) is 22.5. The van der Waals surface area contributed by atoms with Crippen LogP contribution in [0.15, 0.2) is 79.1 Å². The van der Waals surface area contributed by atoms with Gasteiger partial charge in [0.05, 0.1) is 22.7 Å². The first-order chi connectivity index (χ1) is 28.8. The number of carbonyl (C=O) groups is 2. The van der Waals surface area contributed by atoms with Crippen molar-refractivity contribution in [3.05, 3.63) is 134 Å². The highest BCUT2D eigenvalue weighted by Crippen LogP contribution is 2.37. The number of nitrogens with one attached hydrogen (secondary N) is 1. The van der Waals surface area contributed by atoms with Crippen molar-refractivity contribution in [1.82, 2.24) is 10.3 Å². The van der Waals surface area contributed by atoms with Gasteiger partial charge in [0, 0.05) is 48.7 Å². The number of methoxy groups -OCH3 is 1. The fraction of sp³-hybridized carbons (Fsp3) is 0.289. The number of rotatable bonds is 21. The highest BCUT2D eigenvalue weighted by Gasteiger charge is 2.19. The standard InChI is InChI=1S/C45H45Cl2N3O10/c1-26-31(24-59-42-16-40(57-3)33(15-37(42)47)21-50-22-39(52)45(55)56)8-4-10-34(26)35-11-5-9-32(27(35)2)25-60-43-17-41(58-23-29-13-28(18-48)19-49-20-29)30(14-36(43)46)7-6-12-38(51)44(53)54/h4-5,8-11,13-17,19-20,38-39,50-52H,6-7,12,21-25H2,1-3H3,(H,53,54)(H,55,56)/t38-,39-/m0/s1. The summed E-state index contributed by atoms with van der Waals surface area (Å²) in [6.07, 6.45) is 0.843. The first-order valence-electron chi connectivity index (χ1n) is 18.9. The molecule has 0 fully saturated rings. The topological polar surface area (TPSA) is 201 Å². The van der Waals surface area contributed by atoms with E-state index >= 15 is 0 Å². The Bertz CT molecular complexity index is 2370. The smallest absolute Gasteiger partial charge is 0.333 e. The van der Waals surface area contributed by atoms with Crippen LogP contribution in [0.2, 0.25) is 10.0 Å². The molecule has 0 saturated heterocycles. The van der Waals surface area contributed by atoms with Crippen molar-refractivity contribution in [2.45, 2.75) is 71.7 Å². The van der Waals surface area contributed by atoms with Gasteiger partial charge in [0.15, 0.2) is 12.2 Å². The fourth-order valence-electron chi connectivity index (χ4n) is 6.43. The molecule has 0 aliphatic carbocycles. The van der Waals surface area contributed by atoms with Crippen molar-refractivity contribution in [2.75, 3.05) is 13.7 Å². The lowest BCUT2D eigenvalue weighted by Gasteiger charge is -2.19. The number of carboxylic acid groups (broad SMARTS) is 2. The molecular weight excluding hydrogens is 813 g/mol. The van der Waals surface area contributed by atoms with E-state index in [1.165, 1.54) is 13.3 Å². The molecule has 15 heteroatoms. The maximum absolute atomic E-state index is 11.2. The molecule has 0 aliphatic rings. The van der Waals surface area contributed by atoms with Crippen LogP contribution < -0.4 is 24.3 Å². The molecule has 0 bridgehead atoms. The van der Waals surface area contributed by atoms with Gasteiger partial charge in [-0.25, -0.2) is 9.59 Å². The van der Waals surface area contributed by atoms with Crippen LogP contribution in [0.5, 0.6) is 23.0 Å². The summed E-state index contributed by atoms with van der Waals surface area (Å²) >= 11 is 13.3. The van der Waals surface area contributed by atoms with Crippen molar-refractivity contribution >= 4 is 35.1 Å². The van der Waals surface area contributed by atoms with E-state index in [1.807, 2.05) is 50.2 Å². The summed E-state index contributed by atoms with van der Waals surface area (Å²) in [5.74, 6) is -0.871. The minimum absolute atomic E-state index is 0.0484. The van der Waals surface area contributed by atoms with E-state index < -0.39 is 24.1 Å². The highest BCUT2D eigenvalue weighted by atomic mass is 35.5. The van der Waals surface area contributed by atoms with E-state index in [2.05, 4.69) is 16.4 Å². The van der Waals surface area contributed by atoms with Crippen LogP contribution in [-0.2, 0) is 42.4 Å². The van der Waals surface area contributed by atoms with E-state index in [9.17, 15) is 25.1 Å². The number of nitriles is 1. The normalized spacial score (nSPS) is 12.0. The zero-order valence-corrected chi connectivity index (χ0v) is 34.7. The molecular formula is C45H45Cl2N3O10. The molecule has 2 atom stereocenters. The lowest BCUT2D eigenvalue weighted by molar-refractivity contribution is -0.147. The summed E-state index contributed by atoms with van der Waals surface area (Å²) in [5, 5.41) is 50.3. The molecule has 0 radical (unpaired) electrons. The van der Waals surface area contributed by atoms with E-state index in [0.717, 1.165) is 33.4 Å². The molecule has 5 aromatic rings. The van der Waals surface area contributed by atoms with Crippen LogP contribution in [0.25, 0.3) is 11.1 Å². The van der Waals surface area contributed by atoms with Crippen LogP contribution in [0.3, 0.4) is 0 Å². The van der Waals surface area contributed by atoms with Crippen LogP contribution in [0.1, 0.15) is 57.3 Å². The highest BCUT2D eigenvalue weighted by molar-refractivity contribution is 6.32. The SMILES string of the molecule is COc1cc(OCc2cccc(-c3cccc(COc4cc(OCc5cncc(C#N)c5)c(CCC[C@H](O)C(=O)O)cc4Cl)c3C)c2C)c(Cl)cc1CNC[C@H](O)C(=O)O. The third-order valence-electron chi connectivity index (χ3n) is 9.86. The summed E-state index contributed by atoms with van der Waals surface area (Å²) < 4.78 is 24.2. The number of hydrogen-bond donors (Lipinski definition) is 5. The second kappa shape index (κ2) is 21.4. The Morgan fingerprint density at radius 1 is 0.750 bits per heavy atom. The van der Waals surface area contributed by atoms with Crippen LogP contribution in [0.4, 0.5) is 0 Å². The maximum atomic E-state index is 11.2. The lowest BCUT2D eigenvalue weighted by atomic mass is 9.92.